The number of rotatable bonds is 4. The Morgan fingerprint density at radius 3 is 2.67 bits per heavy atom. The van der Waals surface area contributed by atoms with Gasteiger partial charge >= 0.3 is 0 Å². The monoisotopic (exact) mass is 276 g/mol. The number of hydrogen-bond acceptors (Lipinski definition) is 2. The van der Waals surface area contributed by atoms with Gasteiger partial charge in [-0.1, -0.05) is 36.4 Å². The lowest BCUT2D eigenvalue weighted by atomic mass is 10.0. The van der Waals surface area contributed by atoms with Crippen molar-refractivity contribution < 1.29 is 0 Å². The Morgan fingerprint density at radius 1 is 1.05 bits per heavy atom. The molecule has 106 valence electrons. The van der Waals surface area contributed by atoms with Crippen LogP contribution in [0.2, 0.25) is 0 Å². The topological polar surface area (TPSA) is 24.9 Å². The summed E-state index contributed by atoms with van der Waals surface area (Å²) in [4.78, 5) is 4.20. The highest BCUT2D eigenvalue weighted by atomic mass is 14.9. The van der Waals surface area contributed by atoms with E-state index in [0.29, 0.717) is 6.04 Å². The van der Waals surface area contributed by atoms with E-state index < -0.39 is 0 Å². The molecule has 0 saturated carbocycles. The van der Waals surface area contributed by atoms with Crippen LogP contribution in [-0.2, 0) is 6.54 Å². The fraction of sp³-hybridized carbons (Fsp3) is 0.211. The van der Waals surface area contributed by atoms with E-state index in [1.165, 1.54) is 27.5 Å². The van der Waals surface area contributed by atoms with E-state index in [-0.39, 0.29) is 0 Å². The van der Waals surface area contributed by atoms with Crippen LogP contribution in [0.3, 0.4) is 0 Å². The van der Waals surface area contributed by atoms with Crippen LogP contribution in [0.5, 0.6) is 0 Å². The van der Waals surface area contributed by atoms with Crippen LogP contribution >= 0.6 is 0 Å². The molecule has 0 radical (unpaired) electrons. The summed E-state index contributed by atoms with van der Waals surface area (Å²) >= 11 is 0. The lowest BCUT2D eigenvalue weighted by Gasteiger charge is -2.16. The lowest BCUT2D eigenvalue weighted by molar-refractivity contribution is 0.573. The van der Waals surface area contributed by atoms with Crippen molar-refractivity contribution in [1.29, 1.82) is 0 Å². The molecule has 0 aliphatic heterocycles. The molecule has 2 aromatic carbocycles. The number of pyridine rings is 1. The summed E-state index contributed by atoms with van der Waals surface area (Å²) in [5.41, 5.74) is 3.85. The molecule has 1 aromatic heterocycles. The van der Waals surface area contributed by atoms with Gasteiger partial charge in [0.15, 0.2) is 0 Å². The van der Waals surface area contributed by atoms with Crippen molar-refractivity contribution in [1.82, 2.24) is 10.3 Å². The van der Waals surface area contributed by atoms with E-state index in [9.17, 15) is 0 Å². The van der Waals surface area contributed by atoms with Crippen LogP contribution < -0.4 is 5.32 Å². The normalized spacial score (nSPS) is 12.5. The number of aryl methyl sites for hydroxylation is 1. The van der Waals surface area contributed by atoms with Crippen LogP contribution in [0.1, 0.15) is 29.7 Å². The molecular formula is C19H20N2. The molecule has 0 fully saturated rings. The van der Waals surface area contributed by atoms with Gasteiger partial charge in [0, 0.05) is 25.0 Å². The standard InChI is InChI=1S/C19H20N2/c1-14-9-10-20-12-19(14)13-21-15(2)17-8-7-16-5-3-4-6-18(16)11-17/h3-12,15,21H,13H2,1-2H3. The lowest BCUT2D eigenvalue weighted by Crippen LogP contribution is -2.18. The minimum Gasteiger partial charge on any atom is -0.306 e. The van der Waals surface area contributed by atoms with E-state index in [2.05, 4.69) is 72.7 Å². The fourth-order valence-electron chi connectivity index (χ4n) is 2.54. The highest BCUT2D eigenvalue weighted by Gasteiger charge is 2.06. The second kappa shape index (κ2) is 6.06. The first-order valence-corrected chi connectivity index (χ1v) is 7.35. The van der Waals surface area contributed by atoms with Gasteiger partial charge in [-0.2, -0.15) is 0 Å². The minimum absolute atomic E-state index is 0.314. The maximum atomic E-state index is 4.20. The highest BCUT2D eigenvalue weighted by molar-refractivity contribution is 5.83. The van der Waals surface area contributed by atoms with Gasteiger partial charge < -0.3 is 5.32 Å². The van der Waals surface area contributed by atoms with Gasteiger partial charge in [-0.05, 0) is 53.4 Å². The zero-order valence-electron chi connectivity index (χ0n) is 12.5. The molecule has 3 aromatic rings. The van der Waals surface area contributed by atoms with E-state index in [4.69, 9.17) is 0 Å². The molecule has 1 unspecified atom stereocenters. The average Bonchev–Trinajstić information content (AvgIpc) is 2.53. The van der Waals surface area contributed by atoms with E-state index in [0.717, 1.165) is 6.54 Å². The predicted octanol–water partition coefficient (Wildman–Crippen LogP) is 4.39. The van der Waals surface area contributed by atoms with E-state index >= 15 is 0 Å². The Kier molecular flexibility index (Phi) is 3.98. The van der Waals surface area contributed by atoms with Crippen molar-refractivity contribution in [2.75, 3.05) is 0 Å². The van der Waals surface area contributed by atoms with Gasteiger partial charge in [0.05, 0.1) is 0 Å². The Balaban J connectivity index is 1.75. The van der Waals surface area contributed by atoms with Gasteiger partial charge in [-0.25, -0.2) is 0 Å². The molecule has 0 bridgehead atoms. The average molecular weight is 276 g/mol. The minimum atomic E-state index is 0.314. The van der Waals surface area contributed by atoms with Crippen molar-refractivity contribution in [3.8, 4) is 0 Å². The molecule has 1 N–H and O–H groups in total. The van der Waals surface area contributed by atoms with Crippen molar-refractivity contribution in [3.05, 3.63) is 77.6 Å². The van der Waals surface area contributed by atoms with Gasteiger partial charge in [0.2, 0.25) is 0 Å². The second-order valence-corrected chi connectivity index (χ2v) is 5.51. The third-order valence-corrected chi connectivity index (χ3v) is 4.02. The summed E-state index contributed by atoms with van der Waals surface area (Å²) < 4.78 is 0. The quantitative estimate of drug-likeness (QED) is 0.764. The molecule has 0 saturated heterocycles. The summed E-state index contributed by atoms with van der Waals surface area (Å²) in [7, 11) is 0. The zero-order chi connectivity index (χ0) is 14.7. The summed E-state index contributed by atoms with van der Waals surface area (Å²) in [6.07, 6.45) is 3.78. The maximum absolute atomic E-state index is 4.20. The van der Waals surface area contributed by atoms with Crippen LogP contribution in [0.4, 0.5) is 0 Å². The Hall–Kier alpha value is -2.19. The number of fused-ring (bicyclic) bond motifs is 1. The Morgan fingerprint density at radius 2 is 1.86 bits per heavy atom. The molecule has 21 heavy (non-hydrogen) atoms. The molecule has 1 heterocycles. The summed E-state index contributed by atoms with van der Waals surface area (Å²) in [5, 5.41) is 6.16. The van der Waals surface area contributed by atoms with Crippen molar-refractivity contribution in [2.24, 2.45) is 0 Å². The summed E-state index contributed by atoms with van der Waals surface area (Å²) in [6, 6.07) is 17.5. The van der Waals surface area contributed by atoms with Crippen molar-refractivity contribution >= 4 is 10.8 Å². The molecule has 0 amide bonds. The van der Waals surface area contributed by atoms with Gasteiger partial charge in [0.25, 0.3) is 0 Å². The maximum Gasteiger partial charge on any atom is 0.0315 e. The van der Waals surface area contributed by atoms with Crippen LogP contribution in [0.25, 0.3) is 10.8 Å². The molecule has 0 aliphatic rings. The van der Waals surface area contributed by atoms with E-state index in [1.807, 2.05) is 12.4 Å². The summed E-state index contributed by atoms with van der Waals surface area (Å²) in [5.74, 6) is 0. The highest BCUT2D eigenvalue weighted by Crippen LogP contribution is 2.20. The third-order valence-electron chi connectivity index (χ3n) is 4.02. The Labute approximate surface area is 125 Å². The zero-order valence-corrected chi connectivity index (χ0v) is 12.5. The van der Waals surface area contributed by atoms with Gasteiger partial charge in [-0.3, -0.25) is 4.98 Å². The molecule has 0 spiro atoms. The Bertz CT molecular complexity index is 749. The van der Waals surface area contributed by atoms with Gasteiger partial charge in [-0.15, -0.1) is 0 Å². The first kappa shape index (κ1) is 13.8. The number of benzene rings is 2. The number of hydrogen-bond donors (Lipinski definition) is 1. The predicted molar refractivity (Wildman–Crippen MR) is 88.2 cm³/mol. The van der Waals surface area contributed by atoms with Crippen LogP contribution in [0, 0.1) is 6.92 Å². The first-order valence-electron chi connectivity index (χ1n) is 7.35. The SMILES string of the molecule is Cc1ccncc1CNC(C)c1ccc2ccccc2c1. The second-order valence-electron chi connectivity index (χ2n) is 5.51. The number of nitrogens with one attached hydrogen (secondary N) is 1. The van der Waals surface area contributed by atoms with Crippen LogP contribution in [-0.4, -0.2) is 4.98 Å². The van der Waals surface area contributed by atoms with Gasteiger partial charge in [0.1, 0.15) is 0 Å². The largest absolute Gasteiger partial charge is 0.306 e. The number of aromatic nitrogens is 1. The molecule has 2 heteroatoms. The molecule has 3 rings (SSSR count). The van der Waals surface area contributed by atoms with Crippen molar-refractivity contribution in [3.63, 3.8) is 0 Å². The smallest absolute Gasteiger partial charge is 0.0315 e. The van der Waals surface area contributed by atoms with E-state index in [1.54, 1.807) is 0 Å². The van der Waals surface area contributed by atoms with Crippen LogP contribution in [0.15, 0.2) is 60.9 Å². The molecule has 2 nitrogen and oxygen atoms in total. The fourth-order valence-corrected chi connectivity index (χ4v) is 2.54. The molecule has 0 aliphatic carbocycles. The van der Waals surface area contributed by atoms with Crippen molar-refractivity contribution in [2.45, 2.75) is 26.4 Å². The molecular weight excluding hydrogens is 256 g/mol. The number of nitrogens with zero attached hydrogens (tertiary/aromatic N) is 1. The molecule has 1 atom stereocenters. The summed E-state index contributed by atoms with van der Waals surface area (Å²) in [6.45, 7) is 5.17. The first-order chi connectivity index (χ1) is 10.2. The third kappa shape index (κ3) is 3.11.